The molecule has 0 saturated carbocycles. The maximum atomic E-state index is 10.8. The molecule has 1 aromatic carbocycles. The molecule has 0 heterocycles. The molecule has 0 atom stereocenters. The summed E-state index contributed by atoms with van der Waals surface area (Å²) in [7, 11) is 0. The summed E-state index contributed by atoms with van der Waals surface area (Å²) in [5, 5.41) is 17.7. The van der Waals surface area contributed by atoms with Gasteiger partial charge in [-0.3, -0.25) is 9.59 Å². The molecule has 5 heteroatoms. The van der Waals surface area contributed by atoms with Crippen LogP contribution in [-0.4, -0.2) is 28.8 Å². The predicted molar refractivity (Wildman–Crippen MR) is 134 cm³/mol. The van der Waals surface area contributed by atoms with Gasteiger partial charge in [-0.1, -0.05) is 76.8 Å². The Balaban J connectivity index is 2.52. The van der Waals surface area contributed by atoms with Crippen LogP contribution in [0.15, 0.2) is 18.2 Å². The van der Waals surface area contributed by atoms with Gasteiger partial charge in [-0.05, 0) is 62.1 Å². The molecule has 188 valence electrons. The molecule has 33 heavy (non-hydrogen) atoms. The summed E-state index contributed by atoms with van der Waals surface area (Å²) >= 11 is 0. The zero-order valence-corrected chi connectivity index (χ0v) is 20.8. The van der Waals surface area contributed by atoms with Gasteiger partial charge in [0.15, 0.2) is 0 Å². The Morgan fingerprint density at radius 2 is 1.24 bits per heavy atom. The Kier molecular flexibility index (Phi) is 17.1. The third kappa shape index (κ3) is 15.4. The number of aliphatic carboxylic acids is 2. The zero-order chi connectivity index (χ0) is 24.2. The van der Waals surface area contributed by atoms with E-state index in [-0.39, 0.29) is 12.8 Å². The van der Waals surface area contributed by atoms with Crippen molar-refractivity contribution in [3.63, 3.8) is 0 Å². The zero-order valence-electron chi connectivity index (χ0n) is 20.8. The van der Waals surface area contributed by atoms with Crippen molar-refractivity contribution >= 4 is 11.9 Å². The Hall–Kier alpha value is -2.04. The summed E-state index contributed by atoms with van der Waals surface area (Å²) in [6.07, 6.45) is 17.7. The molecule has 0 bridgehead atoms. The van der Waals surface area contributed by atoms with E-state index in [4.69, 9.17) is 14.9 Å². The minimum atomic E-state index is -0.730. The van der Waals surface area contributed by atoms with Crippen molar-refractivity contribution in [3.05, 3.63) is 29.3 Å². The molecule has 0 unspecified atom stereocenters. The molecule has 0 spiro atoms. The van der Waals surface area contributed by atoms with Gasteiger partial charge in [0.25, 0.3) is 0 Å². The first-order valence-electron chi connectivity index (χ1n) is 13.2. The lowest BCUT2D eigenvalue weighted by Gasteiger charge is -2.16. The molecule has 0 aliphatic rings. The van der Waals surface area contributed by atoms with Crippen molar-refractivity contribution in [2.75, 3.05) is 6.61 Å². The number of carbonyl (C=O) groups is 2. The van der Waals surface area contributed by atoms with Crippen LogP contribution in [0.4, 0.5) is 0 Å². The second-order valence-corrected chi connectivity index (χ2v) is 9.13. The van der Waals surface area contributed by atoms with Crippen molar-refractivity contribution in [2.45, 2.75) is 122 Å². The van der Waals surface area contributed by atoms with Crippen molar-refractivity contribution in [3.8, 4) is 5.75 Å². The van der Waals surface area contributed by atoms with E-state index in [1.165, 1.54) is 56.1 Å². The number of carboxylic acids is 2. The van der Waals surface area contributed by atoms with Gasteiger partial charge in [0, 0.05) is 12.8 Å². The lowest BCUT2D eigenvalue weighted by molar-refractivity contribution is -0.138. The fraction of sp³-hybridized carbons (Fsp3) is 0.714. The van der Waals surface area contributed by atoms with Crippen LogP contribution in [-0.2, 0) is 22.4 Å². The summed E-state index contributed by atoms with van der Waals surface area (Å²) in [5.41, 5.74) is 2.54. The first-order chi connectivity index (χ1) is 16.0. The lowest BCUT2D eigenvalue weighted by Crippen LogP contribution is -2.04. The van der Waals surface area contributed by atoms with Crippen LogP contribution >= 0.6 is 0 Å². The third-order valence-corrected chi connectivity index (χ3v) is 6.14. The van der Waals surface area contributed by atoms with Gasteiger partial charge < -0.3 is 14.9 Å². The number of carboxylic acid groups (broad SMARTS) is 2. The van der Waals surface area contributed by atoms with Gasteiger partial charge in [0.1, 0.15) is 5.75 Å². The third-order valence-electron chi connectivity index (χ3n) is 6.14. The summed E-state index contributed by atoms with van der Waals surface area (Å²) in [5.74, 6) is -0.487. The minimum Gasteiger partial charge on any atom is -0.493 e. The van der Waals surface area contributed by atoms with E-state index in [1.54, 1.807) is 0 Å². The fourth-order valence-corrected chi connectivity index (χ4v) is 4.21. The number of rotatable bonds is 22. The average Bonchev–Trinajstić information content (AvgIpc) is 2.78. The topological polar surface area (TPSA) is 83.8 Å². The largest absolute Gasteiger partial charge is 0.493 e. The second-order valence-electron chi connectivity index (χ2n) is 9.13. The van der Waals surface area contributed by atoms with Gasteiger partial charge in [-0.15, -0.1) is 0 Å². The summed E-state index contributed by atoms with van der Waals surface area (Å²) in [6.45, 7) is 2.99. The molecular formula is C28H46O5. The highest BCUT2D eigenvalue weighted by atomic mass is 16.5. The Morgan fingerprint density at radius 1 is 0.697 bits per heavy atom. The molecule has 1 rings (SSSR count). The van der Waals surface area contributed by atoms with Crippen molar-refractivity contribution in [2.24, 2.45) is 0 Å². The van der Waals surface area contributed by atoms with E-state index in [0.717, 1.165) is 57.3 Å². The molecular weight excluding hydrogens is 416 g/mol. The number of hydrogen-bond donors (Lipinski definition) is 2. The van der Waals surface area contributed by atoms with Gasteiger partial charge >= 0.3 is 11.9 Å². The SMILES string of the molecule is CCCCCCCCCCOc1cccc(CCCCCC(=O)O)c1CCCCCC(=O)O. The maximum Gasteiger partial charge on any atom is 0.303 e. The maximum absolute atomic E-state index is 10.8. The van der Waals surface area contributed by atoms with Gasteiger partial charge in [-0.25, -0.2) is 0 Å². The van der Waals surface area contributed by atoms with Crippen LogP contribution in [0.2, 0.25) is 0 Å². The molecule has 0 fully saturated rings. The average molecular weight is 463 g/mol. The van der Waals surface area contributed by atoms with E-state index in [9.17, 15) is 9.59 Å². The summed E-state index contributed by atoms with van der Waals surface area (Å²) in [6, 6.07) is 6.28. The highest BCUT2D eigenvalue weighted by Gasteiger charge is 2.10. The second kappa shape index (κ2) is 19.4. The minimum absolute atomic E-state index is 0.229. The number of aryl methyl sites for hydroxylation is 1. The Labute approximate surface area is 200 Å². The molecule has 5 nitrogen and oxygen atoms in total. The smallest absolute Gasteiger partial charge is 0.303 e. The van der Waals surface area contributed by atoms with Crippen LogP contribution < -0.4 is 4.74 Å². The monoisotopic (exact) mass is 462 g/mol. The molecule has 0 aromatic heterocycles. The van der Waals surface area contributed by atoms with Crippen molar-refractivity contribution in [1.29, 1.82) is 0 Å². The Bertz CT molecular complexity index is 656. The quantitative estimate of drug-likeness (QED) is 0.173. The number of ether oxygens (including phenoxy) is 1. The van der Waals surface area contributed by atoms with Crippen LogP contribution in [0.5, 0.6) is 5.75 Å². The molecule has 1 aromatic rings. The molecule has 0 saturated heterocycles. The molecule has 0 amide bonds. The predicted octanol–water partition coefficient (Wildman–Crippen LogP) is 7.58. The number of hydrogen-bond acceptors (Lipinski definition) is 3. The lowest BCUT2D eigenvalue weighted by atomic mass is 9.95. The summed E-state index contributed by atoms with van der Waals surface area (Å²) in [4.78, 5) is 21.5. The first kappa shape index (κ1) is 29.0. The normalized spacial score (nSPS) is 10.9. The van der Waals surface area contributed by atoms with E-state index in [0.29, 0.717) is 12.8 Å². The first-order valence-corrected chi connectivity index (χ1v) is 13.2. The highest BCUT2D eigenvalue weighted by Crippen LogP contribution is 2.27. The summed E-state index contributed by atoms with van der Waals surface area (Å²) < 4.78 is 6.21. The number of benzene rings is 1. The van der Waals surface area contributed by atoms with E-state index >= 15 is 0 Å². The van der Waals surface area contributed by atoms with Crippen LogP contribution in [0.1, 0.15) is 121 Å². The van der Waals surface area contributed by atoms with E-state index in [2.05, 4.69) is 25.1 Å². The number of unbranched alkanes of at least 4 members (excludes halogenated alkanes) is 11. The van der Waals surface area contributed by atoms with Gasteiger partial charge in [-0.2, -0.15) is 0 Å². The van der Waals surface area contributed by atoms with Crippen LogP contribution in [0, 0.1) is 0 Å². The van der Waals surface area contributed by atoms with Gasteiger partial charge in [0.2, 0.25) is 0 Å². The molecule has 0 aliphatic carbocycles. The van der Waals surface area contributed by atoms with Gasteiger partial charge in [0.05, 0.1) is 6.61 Å². The molecule has 0 aliphatic heterocycles. The molecule has 0 radical (unpaired) electrons. The molecule has 2 N–H and O–H groups in total. The van der Waals surface area contributed by atoms with E-state index in [1.807, 2.05) is 0 Å². The highest BCUT2D eigenvalue weighted by molar-refractivity contribution is 5.66. The standard InChI is InChI=1S/C28H46O5/c1-2-3-4-5-6-7-8-15-23-33-26-20-16-18-24(17-11-9-13-21-27(29)30)25(26)19-12-10-14-22-28(31)32/h16,18,20H,2-15,17,19,21-23H2,1H3,(H,29,30)(H,31,32). The van der Waals surface area contributed by atoms with Crippen molar-refractivity contribution < 1.29 is 24.5 Å². The van der Waals surface area contributed by atoms with Crippen molar-refractivity contribution in [1.82, 2.24) is 0 Å². The Morgan fingerprint density at radius 3 is 1.85 bits per heavy atom. The van der Waals surface area contributed by atoms with Crippen LogP contribution in [0.3, 0.4) is 0 Å². The van der Waals surface area contributed by atoms with E-state index < -0.39 is 11.9 Å². The fourth-order valence-electron chi connectivity index (χ4n) is 4.21. The van der Waals surface area contributed by atoms with Crippen LogP contribution in [0.25, 0.3) is 0 Å².